The van der Waals surface area contributed by atoms with Gasteiger partial charge in [-0.05, 0) is 42.9 Å². The summed E-state index contributed by atoms with van der Waals surface area (Å²) in [7, 11) is 6.84. The molecule has 1 aliphatic carbocycles. The van der Waals surface area contributed by atoms with Crippen LogP contribution in [0.3, 0.4) is 0 Å². The molecular weight excluding hydrogens is 344 g/mol. The lowest BCUT2D eigenvalue weighted by Crippen LogP contribution is -2.47. The lowest BCUT2D eigenvalue weighted by atomic mass is 10.1. The number of aliphatic imine (C=N–C) groups is 1. The van der Waals surface area contributed by atoms with Crippen molar-refractivity contribution in [2.24, 2.45) is 10.9 Å². The first kappa shape index (κ1) is 21.0. The van der Waals surface area contributed by atoms with Gasteiger partial charge >= 0.3 is 0 Å². The summed E-state index contributed by atoms with van der Waals surface area (Å²) in [6, 6.07) is 8.24. The van der Waals surface area contributed by atoms with Crippen molar-refractivity contribution in [3.8, 4) is 5.75 Å². The number of guanidine groups is 1. The quantitative estimate of drug-likeness (QED) is 0.475. The van der Waals surface area contributed by atoms with Gasteiger partial charge in [0.05, 0.1) is 19.8 Å². The summed E-state index contributed by atoms with van der Waals surface area (Å²) in [5, 5.41) is 6.78. The van der Waals surface area contributed by atoms with Crippen molar-refractivity contribution >= 4 is 11.9 Å². The van der Waals surface area contributed by atoms with E-state index in [1.165, 1.54) is 18.4 Å². The zero-order chi connectivity index (χ0) is 19.6. The molecule has 1 fully saturated rings. The second-order valence-electron chi connectivity index (χ2n) is 7.02. The van der Waals surface area contributed by atoms with Gasteiger partial charge in [0.15, 0.2) is 5.96 Å². The van der Waals surface area contributed by atoms with Gasteiger partial charge in [0.2, 0.25) is 5.91 Å². The Balaban J connectivity index is 1.92. The van der Waals surface area contributed by atoms with Gasteiger partial charge in [-0.2, -0.15) is 0 Å². The molecule has 1 aromatic rings. The van der Waals surface area contributed by atoms with Crippen LogP contribution in [0.2, 0.25) is 0 Å². The molecule has 1 aromatic carbocycles. The number of ether oxygens (including phenoxy) is 2. The van der Waals surface area contributed by atoms with Crippen LogP contribution in [0.15, 0.2) is 29.3 Å². The summed E-state index contributed by atoms with van der Waals surface area (Å²) in [5.41, 5.74) is 1.21. The molecule has 1 aliphatic rings. The zero-order valence-corrected chi connectivity index (χ0v) is 16.8. The Morgan fingerprint density at radius 3 is 2.52 bits per heavy atom. The Morgan fingerprint density at radius 2 is 1.96 bits per heavy atom. The standard InChI is InChI=1S/C20H32N4O3/c1-24(2)19(25)13-22-20(23-18(14-26-3)16-7-8-16)21-12-11-15-5-9-17(27-4)10-6-15/h5-6,9-10,16,18H,7-8,11-14H2,1-4H3,(H2,21,22,23). The SMILES string of the molecule is COCC(NC(=NCC(=O)N(C)C)NCCc1ccc(OC)cc1)C1CC1. The minimum Gasteiger partial charge on any atom is -0.497 e. The van der Waals surface area contributed by atoms with Crippen LogP contribution in [0.5, 0.6) is 5.75 Å². The van der Waals surface area contributed by atoms with Crippen LogP contribution in [0.4, 0.5) is 0 Å². The summed E-state index contributed by atoms with van der Waals surface area (Å²) in [6.45, 7) is 1.47. The predicted octanol–water partition coefficient (Wildman–Crippen LogP) is 1.29. The number of carbonyl (C=O) groups excluding carboxylic acids is 1. The van der Waals surface area contributed by atoms with Crippen LogP contribution in [-0.2, 0) is 16.0 Å². The van der Waals surface area contributed by atoms with Crippen molar-refractivity contribution < 1.29 is 14.3 Å². The molecule has 1 saturated carbocycles. The van der Waals surface area contributed by atoms with Gasteiger partial charge in [0.1, 0.15) is 12.3 Å². The number of hydrogen-bond acceptors (Lipinski definition) is 4. The molecule has 1 amide bonds. The second-order valence-corrected chi connectivity index (χ2v) is 7.02. The lowest BCUT2D eigenvalue weighted by Gasteiger charge is -2.21. The number of nitrogens with zero attached hydrogens (tertiary/aromatic N) is 2. The Kier molecular flexibility index (Phi) is 8.39. The van der Waals surface area contributed by atoms with Gasteiger partial charge in [-0.25, -0.2) is 4.99 Å². The first-order valence-electron chi connectivity index (χ1n) is 9.40. The summed E-state index contributed by atoms with van der Waals surface area (Å²) in [5.74, 6) is 2.10. The fourth-order valence-corrected chi connectivity index (χ4v) is 2.71. The maximum Gasteiger partial charge on any atom is 0.243 e. The van der Waals surface area contributed by atoms with Gasteiger partial charge in [-0.15, -0.1) is 0 Å². The van der Waals surface area contributed by atoms with Crippen molar-refractivity contribution in [1.82, 2.24) is 15.5 Å². The van der Waals surface area contributed by atoms with Gasteiger partial charge in [-0.1, -0.05) is 12.1 Å². The van der Waals surface area contributed by atoms with E-state index in [2.05, 4.69) is 27.8 Å². The van der Waals surface area contributed by atoms with E-state index in [1.807, 2.05) is 12.1 Å². The number of carbonyl (C=O) groups is 1. The molecule has 7 heteroatoms. The minimum absolute atomic E-state index is 0.0269. The molecule has 0 heterocycles. The van der Waals surface area contributed by atoms with Crippen LogP contribution in [-0.4, -0.2) is 70.8 Å². The van der Waals surface area contributed by atoms with Crippen molar-refractivity contribution in [3.05, 3.63) is 29.8 Å². The third-order valence-corrected chi connectivity index (χ3v) is 4.60. The van der Waals surface area contributed by atoms with Gasteiger partial charge < -0.3 is 25.0 Å². The molecule has 0 bridgehead atoms. The maximum absolute atomic E-state index is 11.9. The van der Waals surface area contributed by atoms with Crippen LogP contribution < -0.4 is 15.4 Å². The Labute approximate surface area is 162 Å². The highest BCUT2D eigenvalue weighted by molar-refractivity contribution is 5.85. The molecule has 0 aromatic heterocycles. The van der Waals surface area contributed by atoms with Gasteiger partial charge in [0.25, 0.3) is 0 Å². The number of nitrogens with one attached hydrogen (secondary N) is 2. The van der Waals surface area contributed by atoms with E-state index in [4.69, 9.17) is 9.47 Å². The number of likely N-dealkylation sites (N-methyl/N-ethyl adjacent to an activating group) is 1. The molecule has 0 spiro atoms. The molecule has 27 heavy (non-hydrogen) atoms. The van der Waals surface area contributed by atoms with Crippen LogP contribution in [0.25, 0.3) is 0 Å². The summed E-state index contributed by atoms with van der Waals surface area (Å²) in [6.07, 6.45) is 3.26. The second kappa shape index (κ2) is 10.8. The summed E-state index contributed by atoms with van der Waals surface area (Å²) < 4.78 is 10.5. The fraction of sp³-hybridized carbons (Fsp3) is 0.600. The van der Waals surface area contributed by atoms with Crippen molar-refractivity contribution in [1.29, 1.82) is 0 Å². The monoisotopic (exact) mass is 376 g/mol. The Morgan fingerprint density at radius 1 is 1.26 bits per heavy atom. The number of methoxy groups -OCH3 is 2. The van der Waals surface area contributed by atoms with E-state index >= 15 is 0 Å². The highest BCUT2D eigenvalue weighted by Gasteiger charge is 2.31. The molecule has 0 saturated heterocycles. The fourth-order valence-electron chi connectivity index (χ4n) is 2.71. The molecule has 2 N–H and O–H groups in total. The van der Waals surface area contributed by atoms with E-state index < -0.39 is 0 Å². The maximum atomic E-state index is 11.9. The summed E-state index contributed by atoms with van der Waals surface area (Å²) >= 11 is 0. The van der Waals surface area contributed by atoms with Crippen LogP contribution in [0, 0.1) is 5.92 Å². The van der Waals surface area contributed by atoms with Crippen molar-refractivity contribution in [2.45, 2.75) is 25.3 Å². The highest BCUT2D eigenvalue weighted by Crippen LogP contribution is 2.32. The zero-order valence-electron chi connectivity index (χ0n) is 16.8. The van der Waals surface area contributed by atoms with Crippen molar-refractivity contribution in [3.63, 3.8) is 0 Å². The number of hydrogen-bond donors (Lipinski definition) is 2. The third kappa shape index (κ3) is 7.46. The number of amides is 1. The van der Waals surface area contributed by atoms with E-state index in [0.29, 0.717) is 18.5 Å². The van der Waals surface area contributed by atoms with Gasteiger partial charge in [0, 0.05) is 27.7 Å². The first-order valence-corrected chi connectivity index (χ1v) is 9.40. The third-order valence-electron chi connectivity index (χ3n) is 4.60. The Bertz CT molecular complexity index is 612. The van der Waals surface area contributed by atoms with Crippen LogP contribution >= 0.6 is 0 Å². The molecule has 1 unspecified atom stereocenters. The predicted molar refractivity (Wildman–Crippen MR) is 107 cm³/mol. The average Bonchev–Trinajstić information content (AvgIpc) is 3.50. The largest absolute Gasteiger partial charge is 0.497 e. The smallest absolute Gasteiger partial charge is 0.243 e. The molecule has 0 radical (unpaired) electrons. The highest BCUT2D eigenvalue weighted by atomic mass is 16.5. The normalized spacial score (nSPS) is 15.2. The topological polar surface area (TPSA) is 75.2 Å². The molecule has 7 nitrogen and oxygen atoms in total. The molecule has 2 rings (SSSR count). The van der Waals surface area contributed by atoms with E-state index in [1.54, 1.807) is 33.2 Å². The van der Waals surface area contributed by atoms with Crippen molar-refractivity contribution in [2.75, 3.05) is 48.0 Å². The van der Waals surface area contributed by atoms with E-state index in [-0.39, 0.29) is 18.5 Å². The lowest BCUT2D eigenvalue weighted by molar-refractivity contribution is -0.127. The number of rotatable bonds is 10. The van der Waals surface area contributed by atoms with E-state index in [9.17, 15) is 4.79 Å². The minimum atomic E-state index is -0.0269. The van der Waals surface area contributed by atoms with Crippen LogP contribution in [0.1, 0.15) is 18.4 Å². The number of benzene rings is 1. The molecule has 150 valence electrons. The Hall–Kier alpha value is -2.28. The summed E-state index contributed by atoms with van der Waals surface area (Å²) in [4.78, 5) is 17.9. The molecule has 0 aliphatic heterocycles. The first-order chi connectivity index (χ1) is 13.0. The van der Waals surface area contributed by atoms with Gasteiger partial charge in [-0.3, -0.25) is 4.79 Å². The molecule has 1 atom stereocenters. The van der Waals surface area contributed by atoms with E-state index in [0.717, 1.165) is 18.7 Å². The molecular formula is C20H32N4O3. The average molecular weight is 377 g/mol.